The molecule has 7 N–H and O–H groups in total. The molecule has 3 amide bonds. The van der Waals surface area contributed by atoms with Crippen molar-refractivity contribution in [3.05, 3.63) is 64.7 Å². The highest BCUT2D eigenvalue weighted by atomic mass is 35.5. The Hall–Kier alpha value is -5.63. The van der Waals surface area contributed by atoms with Crippen LogP contribution in [0, 0.1) is 12.8 Å². The van der Waals surface area contributed by atoms with Crippen LogP contribution in [0.4, 0.5) is 30.8 Å². The van der Waals surface area contributed by atoms with Gasteiger partial charge < -0.3 is 36.8 Å². The number of alkyl halides is 3. The fraction of sp³-hybridized carbons (Fsp3) is 0.300. The number of ether oxygens (including phenoxy) is 1. The van der Waals surface area contributed by atoms with Crippen LogP contribution in [0.2, 0.25) is 5.02 Å². The molecule has 0 bridgehead atoms. The minimum atomic E-state index is -4.59. The zero-order chi connectivity index (χ0) is 35.7. The first-order chi connectivity index (χ1) is 22.8. The molecular formula is C30H32ClF3N8O6. The molecule has 0 spiro atoms. The van der Waals surface area contributed by atoms with E-state index in [9.17, 15) is 27.6 Å². The lowest BCUT2D eigenvalue weighted by Crippen LogP contribution is -2.36. The number of nitrogens with one attached hydrogen (secondary N) is 4. The van der Waals surface area contributed by atoms with Crippen molar-refractivity contribution >= 4 is 53.4 Å². The number of aromatic nitrogens is 3. The fourth-order valence-corrected chi connectivity index (χ4v) is 4.08. The van der Waals surface area contributed by atoms with Crippen LogP contribution in [0.5, 0.6) is 6.01 Å². The van der Waals surface area contributed by atoms with Crippen molar-refractivity contribution in [1.29, 1.82) is 0 Å². The summed E-state index contributed by atoms with van der Waals surface area (Å²) in [5, 5.41) is 18.7. The highest BCUT2D eigenvalue weighted by molar-refractivity contribution is 6.34. The molecule has 1 heterocycles. The molecule has 1 aliphatic rings. The van der Waals surface area contributed by atoms with Crippen LogP contribution >= 0.6 is 11.6 Å². The van der Waals surface area contributed by atoms with Gasteiger partial charge in [0.2, 0.25) is 11.9 Å². The fourth-order valence-electron chi connectivity index (χ4n) is 3.95. The number of halogens is 4. The van der Waals surface area contributed by atoms with Crippen LogP contribution in [-0.2, 0) is 19.9 Å². The predicted octanol–water partition coefficient (Wildman–Crippen LogP) is 3.37. The molecule has 14 nitrogen and oxygen atoms in total. The van der Waals surface area contributed by atoms with Crippen LogP contribution in [-0.4, -0.2) is 70.1 Å². The van der Waals surface area contributed by atoms with E-state index in [1.807, 2.05) is 12.1 Å². The maximum absolute atomic E-state index is 12.8. The van der Waals surface area contributed by atoms with Gasteiger partial charge in [0.15, 0.2) is 6.61 Å². The van der Waals surface area contributed by atoms with Gasteiger partial charge in [-0.15, -0.1) is 12.8 Å². The summed E-state index contributed by atoms with van der Waals surface area (Å²) in [4.78, 5) is 54.9. The Labute approximate surface area is 278 Å². The van der Waals surface area contributed by atoms with E-state index >= 15 is 0 Å². The third kappa shape index (κ3) is 13.0. The third-order valence-corrected chi connectivity index (χ3v) is 6.53. The van der Waals surface area contributed by atoms with Gasteiger partial charge in [0.25, 0.3) is 12.4 Å². The predicted molar refractivity (Wildman–Crippen MR) is 169 cm³/mol. The average molecular weight is 693 g/mol. The van der Waals surface area contributed by atoms with Gasteiger partial charge in [-0.3, -0.25) is 19.2 Å². The molecule has 48 heavy (non-hydrogen) atoms. The molecule has 256 valence electrons. The summed E-state index contributed by atoms with van der Waals surface area (Å²) in [6.07, 6.45) is 5.99. The number of terminal acetylenes is 1. The largest absolute Gasteiger partial charge is 0.483 e. The molecule has 1 aromatic heterocycles. The van der Waals surface area contributed by atoms with Gasteiger partial charge in [0.05, 0.1) is 5.54 Å². The molecule has 0 unspecified atom stereocenters. The Morgan fingerprint density at radius 2 is 1.52 bits per heavy atom. The third-order valence-electron chi connectivity index (χ3n) is 6.28. The zero-order valence-electron chi connectivity index (χ0n) is 25.2. The first kappa shape index (κ1) is 38.6. The zero-order valence-corrected chi connectivity index (χ0v) is 26.0. The maximum atomic E-state index is 12.8. The number of carbonyl (C=O) groups is 4. The molecule has 3 aromatic rings. The standard InChI is InChI=1S/C27H28ClF3N8O4.C2H2.CH2O2/c28-18-7-5-17(6-8-18)26(11-12-26)39-24-36-23(37-25(38-24)43-15-27(29,30)31)35-19-9-3-16(4-10-19)21(41)33-13-1-2-14-34-22(42)20(32)40;1-2;2-1-3/h3-10H,1-2,11-15H2,(H2,32,40)(H,33,41)(H,34,42)(H2,35,36,37,38,39);1-2H;1H,(H,2,3). The van der Waals surface area contributed by atoms with E-state index in [1.165, 1.54) is 0 Å². The summed E-state index contributed by atoms with van der Waals surface area (Å²) in [5.41, 5.74) is 6.09. The van der Waals surface area contributed by atoms with Crippen molar-refractivity contribution in [1.82, 2.24) is 25.6 Å². The van der Waals surface area contributed by atoms with Crippen molar-refractivity contribution in [2.45, 2.75) is 37.4 Å². The van der Waals surface area contributed by atoms with Crippen molar-refractivity contribution in [3.63, 3.8) is 0 Å². The van der Waals surface area contributed by atoms with E-state index in [1.54, 1.807) is 36.4 Å². The minimum absolute atomic E-state index is 0.0207. The minimum Gasteiger partial charge on any atom is -0.483 e. The number of anilines is 3. The van der Waals surface area contributed by atoms with E-state index in [2.05, 4.69) is 49.1 Å². The number of carbonyl (C=O) groups excluding carboxylic acids is 3. The lowest BCUT2D eigenvalue weighted by Gasteiger charge is -2.19. The highest BCUT2D eigenvalue weighted by Gasteiger charge is 2.45. The summed E-state index contributed by atoms with van der Waals surface area (Å²) in [6, 6.07) is 12.9. The summed E-state index contributed by atoms with van der Waals surface area (Å²) in [7, 11) is 0. The molecule has 1 fully saturated rings. The summed E-state index contributed by atoms with van der Waals surface area (Å²) in [6.45, 7) is -1.24. The number of hydrogen-bond acceptors (Lipinski definition) is 10. The monoisotopic (exact) mass is 692 g/mol. The number of nitrogens with zero attached hydrogens (tertiary/aromatic N) is 3. The molecule has 4 rings (SSSR count). The Morgan fingerprint density at radius 1 is 0.958 bits per heavy atom. The first-order valence-electron chi connectivity index (χ1n) is 14.0. The van der Waals surface area contributed by atoms with Gasteiger partial charge >= 0.3 is 24.0 Å². The number of primary amides is 1. The quantitative estimate of drug-likeness (QED) is 0.0662. The highest BCUT2D eigenvalue weighted by Crippen LogP contribution is 2.48. The van der Waals surface area contributed by atoms with E-state index in [-0.39, 0.29) is 30.8 Å². The topological polar surface area (TPSA) is 211 Å². The smallest absolute Gasteiger partial charge is 0.422 e. The first-order valence-corrected chi connectivity index (χ1v) is 14.4. The molecule has 18 heteroatoms. The van der Waals surface area contributed by atoms with Gasteiger partial charge in [-0.2, -0.15) is 28.1 Å². The molecule has 0 radical (unpaired) electrons. The van der Waals surface area contributed by atoms with E-state index < -0.39 is 36.1 Å². The van der Waals surface area contributed by atoms with E-state index in [4.69, 9.17) is 32.0 Å². The Bertz CT molecular complexity index is 1550. The van der Waals surface area contributed by atoms with Crippen LogP contribution in [0.15, 0.2) is 48.5 Å². The molecular weight excluding hydrogens is 661 g/mol. The molecule has 1 saturated carbocycles. The van der Waals surface area contributed by atoms with Crippen molar-refractivity contribution in [2.24, 2.45) is 5.73 Å². The molecule has 0 aliphatic heterocycles. The SMILES string of the molecule is C#C.NC(=O)C(=O)NCCCCNC(=O)c1ccc(Nc2nc(NC3(c4ccc(Cl)cc4)CC3)nc(OCC(F)(F)F)n2)cc1.O=CO. The van der Waals surface area contributed by atoms with Crippen LogP contribution in [0.1, 0.15) is 41.6 Å². The number of nitrogens with two attached hydrogens (primary N) is 1. The number of benzene rings is 2. The second-order valence-corrected chi connectivity index (χ2v) is 10.2. The lowest BCUT2D eigenvalue weighted by atomic mass is 10.1. The van der Waals surface area contributed by atoms with Crippen LogP contribution in [0.25, 0.3) is 0 Å². The summed E-state index contributed by atoms with van der Waals surface area (Å²) in [5.74, 6) is -2.30. The number of hydrogen-bond donors (Lipinski definition) is 6. The van der Waals surface area contributed by atoms with Crippen LogP contribution < -0.4 is 31.7 Å². The van der Waals surface area contributed by atoms with Gasteiger partial charge in [-0.1, -0.05) is 23.7 Å². The number of amides is 3. The van der Waals surface area contributed by atoms with Gasteiger partial charge in [0.1, 0.15) is 0 Å². The number of rotatable bonds is 13. The Morgan fingerprint density at radius 3 is 2.06 bits per heavy atom. The van der Waals surface area contributed by atoms with Crippen LogP contribution in [0.3, 0.4) is 0 Å². The van der Waals surface area contributed by atoms with Crippen molar-refractivity contribution < 1.29 is 42.2 Å². The molecule has 0 atom stereocenters. The normalized spacial score (nSPS) is 12.4. The van der Waals surface area contributed by atoms with Gasteiger partial charge in [-0.05, 0) is 67.6 Å². The summed E-state index contributed by atoms with van der Waals surface area (Å²) < 4.78 is 43.2. The van der Waals surface area contributed by atoms with Gasteiger partial charge in [0, 0.05) is 29.4 Å². The second-order valence-electron chi connectivity index (χ2n) is 9.77. The maximum Gasteiger partial charge on any atom is 0.422 e. The average Bonchev–Trinajstić information content (AvgIpc) is 3.83. The van der Waals surface area contributed by atoms with E-state index in [0.29, 0.717) is 35.7 Å². The molecule has 1 aliphatic carbocycles. The molecule has 2 aromatic carbocycles. The van der Waals surface area contributed by atoms with Crippen molar-refractivity contribution in [3.8, 4) is 18.9 Å². The van der Waals surface area contributed by atoms with E-state index in [0.717, 1.165) is 18.4 Å². The van der Waals surface area contributed by atoms with Gasteiger partial charge in [-0.25, -0.2) is 0 Å². The lowest BCUT2D eigenvalue weighted by molar-refractivity contribution is -0.154. The number of unbranched alkanes of at least 4 members (excludes halogenated alkanes) is 1. The Balaban J connectivity index is 0.00000151. The Kier molecular flexibility index (Phi) is 14.9. The number of carboxylic acid groups (broad SMARTS) is 1. The summed E-state index contributed by atoms with van der Waals surface area (Å²) >= 11 is 6.00. The van der Waals surface area contributed by atoms with Crippen molar-refractivity contribution in [2.75, 3.05) is 30.3 Å². The molecule has 0 saturated heterocycles. The second kappa shape index (κ2) is 18.5.